The minimum atomic E-state index is -0.509. The molecule has 0 saturated heterocycles. The van der Waals surface area contributed by atoms with Crippen LogP contribution in [0.5, 0.6) is 0 Å². The first kappa shape index (κ1) is 19.7. The van der Waals surface area contributed by atoms with Gasteiger partial charge in [-0.1, -0.05) is 36.7 Å². The van der Waals surface area contributed by atoms with Crippen molar-refractivity contribution in [2.75, 3.05) is 19.0 Å². The molecule has 26 heavy (non-hydrogen) atoms. The summed E-state index contributed by atoms with van der Waals surface area (Å²) in [6.07, 6.45) is 0. The topological polar surface area (TPSA) is 58.6 Å². The van der Waals surface area contributed by atoms with Crippen LogP contribution in [0, 0.1) is 11.7 Å². The van der Waals surface area contributed by atoms with Crippen molar-refractivity contribution in [3.05, 3.63) is 64.9 Å². The molecule has 1 unspecified atom stereocenters. The molecule has 0 saturated carbocycles. The van der Waals surface area contributed by atoms with Crippen molar-refractivity contribution >= 4 is 29.3 Å². The zero-order chi connectivity index (χ0) is 19.1. The van der Waals surface area contributed by atoms with Gasteiger partial charge in [0.05, 0.1) is 13.0 Å². The quantitative estimate of drug-likeness (QED) is 0.761. The number of nitrogens with one attached hydrogen (secondary N) is 1. The van der Waals surface area contributed by atoms with E-state index in [4.69, 9.17) is 16.3 Å². The molecule has 0 aliphatic rings. The van der Waals surface area contributed by atoms with Gasteiger partial charge in [-0.05, 0) is 35.9 Å². The molecule has 2 rings (SSSR count). The number of nitrogens with zero attached hydrogens (tertiary/aromatic N) is 1. The van der Waals surface area contributed by atoms with Gasteiger partial charge >= 0.3 is 12.0 Å². The van der Waals surface area contributed by atoms with E-state index in [1.807, 2.05) is 0 Å². The van der Waals surface area contributed by atoms with Gasteiger partial charge in [-0.15, -0.1) is 0 Å². The third-order valence-corrected chi connectivity index (χ3v) is 3.98. The van der Waals surface area contributed by atoms with Crippen LogP contribution in [0.4, 0.5) is 14.9 Å². The minimum Gasteiger partial charge on any atom is -0.469 e. The predicted molar refractivity (Wildman–Crippen MR) is 98.5 cm³/mol. The van der Waals surface area contributed by atoms with Crippen molar-refractivity contribution in [1.29, 1.82) is 0 Å². The van der Waals surface area contributed by atoms with Crippen LogP contribution in [0.15, 0.2) is 48.5 Å². The minimum absolute atomic E-state index is 0.149. The lowest BCUT2D eigenvalue weighted by Crippen LogP contribution is -2.39. The number of ether oxygens (including phenoxy) is 1. The SMILES string of the molecule is COC(=O)C(C)CN(Cc1ccc(F)cc1)C(=O)Nc1cccc(Cl)c1. The number of rotatable bonds is 6. The molecule has 5 nitrogen and oxygen atoms in total. The van der Waals surface area contributed by atoms with Crippen molar-refractivity contribution < 1.29 is 18.7 Å². The van der Waals surface area contributed by atoms with Crippen molar-refractivity contribution in [2.45, 2.75) is 13.5 Å². The molecule has 0 aliphatic carbocycles. The number of halogens is 2. The number of hydrogen-bond acceptors (Lipinski definition) is 3. The number of anilines is 1. The maximum atomic E-state index is 13.1. The van der Waals surface area contributed by atoms with E-state index >= 15 is 0 Å². The summed E-state index contributed by atoms with van der Waals surface area (Å²) < 4.78 is 17.8. The van der Waals surface area contributed by atoms with Gasteiger partial charge in [-0.25, -0.2) is 9.18 Å². The van der Waals surface area contributed by atoms with Gasteiger partial charge in [-0.3, -0.25) is 4.79 Å². The Bertz CT molecular complexity index is 768. The van der Waals surface area contributed by atoms with E-state index < -0.39 is 17.9 Å². The molecule has 0 spiro atoms. The van der Waals surface area contributed by atoms with Crippen LogP contribution in [0.2, 0.25) is 5.02 Å². The van der Waals surface area contributed by atoms with Gasteiger partial charge in [0.15, 0.2) is 0 Å². The standard InChI is InChI=1S/C19H20ClFN2O3/c1-13(18(24)26-2)11-23(12-14-6-8-16(21)9-7-14)19(25)22-17-5-3-4-15(20)10-17/h3-10,13H,11-12H2,1-2H3,(H,22,25). The first-order chi connectivity index (χ1) is 12.4. The third-order valence-electron chi connectivity index (χ3n) is 3.75. The largest absolute Gasteiger partial charge is 0.469 e. The number of hydrogen-bond donors (Lipinski definition) is 1. The molecule has 1 N–H and O–H groups in total. The normalized spacial score (nSPS) is 11.5. The van der Waals surface area contributed by atoms with Crippen LogP contribution in [-0.4, -0.2) is 30.6 Å². The van der Waals surface area contributed by atoms with E-state index in [1.54, 1.807) is 43.3 Å². The summed E-state index contributed by atoms with van der Waals surface area (Å²) in [5.41, 5.74) is 1.28. The van der Waals surface area contributed by atoms with Gasteiger partial charge in [0.1, 0.15) is 5.82 Å². The van der Waals surface area contributed by atoms with E-state index in [2.05, 4.69) is 5.32 Å². The van der Waals surface area contributed by atoms with E-state index in [1.165, 1.54) is 24.1 Å². The molecule has 7 heteroatoms. The van der Waals surface area contributed by atoms with E-state index in [0.29, 0.717) is 10.7 Å². The Balaban J connectivity index is 2.16. The van der Waals surface area contributed by atoms with Crippen LogP contribution in [0.1, 0.15) is 12.5 Å². The molecule has 0 bridgehead atoms. The van der Waals surface area contributed by atoms with E-state index in [0.717, 1.165) is 5.56 Å². The Morgan fingerprint density at radius 2 is 1.92 bits per heavy atom. The second kappa shape index (κ2) is 9.20. The molecule has 0 aliphatic heterocycles. The number of benzene rings is 2. The number of urea groups is 1. The molecule has 138 valence electrons. The highest BCUT2D eigenvalue weighted by atomic mass is 35.5. The average molecular weight is 379 g/mol. The first-order valence-electron chi connectivity index (χ1n) is 8.03. The second-order valence-electron chi connectivity index (χ2n) is 5.87. The van der Waals surface area contributed by atoms with E-state index in [-0.39, 0.29) is 18.9 Å². The second-order valence-corrected chi connectivity index (χ2v) is 6.31. The molecule has 1 atom stereocenters. The van der Waals surface area contributed by atoms with Gasteiger partial charge in [0.2, 0.25) is 0 Å². The van der Waals surface area contributed by atoms with Crippen molar-refractivity contribution in [3.8, 4) is 0 Å². The zero-order valence-electron chi connectivity index (χ0n) is 14.5. The lowest BCUT2D eigenvalue weighted by Gasteiger charge is -2.25. The summed E-state index contributed by atoms with van der Waals surface area (Å²) >= 11 is 5.94. The van der Waals surface area contributed by atoms with Gasteiger partial charge in [0.25, 0.3) is 0 Å². The molecule has 2 aromatic rings. The third kappa shape index (κ3) is 5.74. The summed E-state index contributed by atoms with van der Waals surface area (Å²) in [7, 11) is 1.30. The van der Waals surface area contributed by atoms with Crippen LogP contribution in [0.25, 0.3) is 0 Å². The summed E-state index contributed by atoms with van der Waals surface area (Å²) in [5, 5.41) is 3.25. The Kier molecular flexibility index (Phi) is 6.97. The molecule has 0 radical (unpaired) electrons. The summed E-state index contributed by atoms with van der Waals surface area (Å²) in [6, 6.07) is 12.2. The Hall–Kier alpha value is -2.60. The summed E-state index contributed by atoms with van der Waals surface area (Å²) in [6.45, 7) is 2.04. The van der Waals surface area contributed by atoms with Crippen molar-refractivity contribution in [3.63, 3.8) is 0 Å². The molecule has 0 fully saturated rings. The van der Waals surface area contributed by atoms with Gasteiger partial charge in [-0.2, -0.15) is 0 Å². The summed E-state index contributed by atoms with van der Waals surface area (Å²) in [5.74, 6) is -1.28. The van der Waals surface area contributed by atoms with Crippen molar-refractivity contribution in [1.82, 2.24) is 4.90 Å². The smallest absolute Gasteiger partial charge is 0.322 e. The molecular weight excluding hydrogens is 359 g/mol. The first-order valence-corrected chi connectivity index (χ1v) is 8.40. The number of esters is 1. The fourth-order valence-electron chi connectivity index (χ4n) is 2.40. The highest BCUT2D eigenvalue weighted by Gasteiger charge is 2.22. The lowest BCUT2D eigenvalue weighted by atomic mass is 10.1. The fraction of sp³-hybridized carbons (Fsp3) is 0.263. The van der Waals surface area contributed by atoms with Crippen molar-refractivity contribution in [2.24, 2.45) is 5.92 Å². The summed E-state index contributed by atoms with van der Waals surface area (Å²) in [4.78, 5) is 25.9. The molecule has 0 heterocycles. The predicted octanol–water partition coefficient (Wildman–Crippen LogP) is 4.32. The van der Waals surface area contributed by atoms with Crippen LogP contribution >= 0.6 is 11.6 Å². The average Bonchev–Trinajstić information content (AvgIpc) is 2.62. The lowest BCUT2D eigenvalue weighted by molar-refractivity contribution is -0.145. The molecule has 0 aromatic heterocycles. The number of carbonyl (C=O) groups excluding carboxylic acids is 2. The Morgan fingerprint density at radius 3 is 2.54 bits per heavy atom. The number of amides is 2. The molecular formula is C19H20ClFN2O3. The Labute approximate surface area is 156 Å². The maximum absolute atomic E-state index is 13.1. The monoisotopic (exact) mass is 378 g/mol. The zero-order valence-corrected chi connectivity index (χ0v) is 15.3. The highest BCUT2D eigenvalue weighted by Crippen LogP contribution is 2.17. The number of methoxy groups -OCH3 is 1. The Morgan fingerprint density at radius 1 is 1.23 bits per heavy atom. The van der Waals surface area contributed by atoms with Crippen LogP contribution in [-0.2, 0) is 16.1 Å². The molecule has 2 aromatic carbocycles. The van der Waals surface area contributed by atoms with Gasteiger partial charge < -0.3 is 15.0 Å². The fourth-order valence-corrected chi connectivity index (χ4v) is 2.59. The highest BCUT2D eigenvalue weighted by molar-refractivity contribution is 6.30. The van der Waals surface area contributed by atoms with E-state index in [9.17, 15) is 14.0 Å². The maximum Gasteiger partial charge on any atom is 0.322 e. The van der Waals surface area contributed by atoms with Gasteiger partial charge in [0, 0.05) is 23.8 Å². The van der Waals surface area contributed by atoms with Crippen LogP contribution < -0.4 is 5.32 Å². The number of carbonyl (C=O) groups is 2. The molecule has 2 amide bonds. The van der Waals surface area contributed by atoms with Crippen LogP contribution in [0.3, 0.4) is 0 Å².